The second-order valence-electron chi connectivity index (χ2n) is 5.50. The van der Waals surface area contributed by atoms with Crippen molar-refractivity contribution in [2.45, 2.75) is 30.9 Å². The quantitative estimate of drug-likeness (QED) is 0.796. The second kappa shape index (κ2) is 7.61. The molecule has 1 unspecified atom stereocenters. The zero-order valence-corrected chi connectivity index (χ0v) is 14.1. The Morgan fingerprint density at radius 1 is 1.43 bits per heavy atom. The molecule has 0 saturated carbocycles. The molecule has 2 aromatic rings. The molecule has 1 aromatic carbocycles. The number of aliphatic hydroxyl groups excluding tert-OH is 1. The van der Waals surface area contributed by atoms with Crippen LogP contribution in [0.1, 0.15) is 19.5 Å². The molecule has 1 aromatic heterocycles. The number of benzene rings is 1. The van der Waals surface area contributed by atoms with Crippen LogP contribution in [-0.2, 0) is 18.4 Å². The van der Waals surface area contributed by atoms with Gasteiger partial charge in [-0.05, 0) is 18.1 Å². The third-order valence-corrected chi connectivity index (χ3v) is 5.03. The van der Waals surface area contributed by atoms with Crippen LogP contribution in [0.15, 0.2) is 35.6 Å². The molecule has 2 rings (SSSR count). The van der Waals surface area contributed by atoms with Gasteiger partial charge in [0.2, 0.25) is 5.91 Å². The number of anilines is 1. The highest BCUT2D eigenvalue weighted by atomic mass is 32.2. The van der Waals surface area contributed by atoms with Gasteiger partial charge in [0.25, 0.3) is 0 Å². The molecule has 5 nitrogen and oxygen atoms in total. The van der Waals surface area contributed by atoms with Crippen molar-refractivity contribution in [1.82, 2.24) is 9.55 Å². The van der Waals surface area contributed by atoms with Crippen molar-refractivity contribution in [3.63, 3.8) is 0 Å². The molecule has 1 atom stereocenters. The SMILES string of the molecule is CC(C)C(Sc1ncc(CO)n1C)C(=O)Nc1ccccc1F. The summed E-state index contributed by atoms with van der Waals surface area (Å²) < 4.78 is 15.4. The van der Waals surface area contributed by atoms with E-state index in [-0.39, 0.29) is 24.1 Å². The lowest BCUT2D eigenvalue weighted by atomic mass is 10.1. The molecular weight excluding hydrogens is 317 g/mol. The number of carbonyl (C=O) groups is 1. The van der Waals surface area contributed by atoms with Crippen LogP contribution in [-0.4, -0.2) is 25.8 Å². The fraction of sp³-hybridized carbons (Fsp3) is 0.375. The van der Waals surface area contributed by atoms with Crippen LogP contribution in [0, 0.1) is 11.7 Å². The van der Waals surface area contributed by atoms with Crippen LogP contribution < -0.4 is 5.32 Å². The summed E-state index contributed by atoms with van der Waals surface area (Å²) in [5.74, 6) is -0.711. The number of halogens is 1. The first-order valence-corrected chi connectivity index (χ1v) is 8.15. The van der Waals surface area contributed by atoms with E-state index >= 15 is 0 Å². The monoisotopic (exact) mass is 337 g/mol. The average molecular weight is 337 g/mol. The number of hydrogen-bond acceptors (Lipinski definition) is 4. The minimum atomic E-state index is -0.465. The Bertz CT molecular complexity index is 688. The summed E-state index contributed by atoms with van der Waals surface area (Å²) in [4.78, 5) is 16.7. The largest absolute Gasteiger partial charge is 0.390 e. The Morgan fingerprint density at radius 2 is 2.13 bits per heavy atom. The van der Waals surface area contributed by atoms with Gasteiger partial charge in [-0.2, -0.15) is 0 Å². The van der Waals surface area contributed by atoms with Gasteiger partial charge in [0.1, 0.15) is 5.82 Å². The van der Waals surface area contributed by atoms with Crippen LogP contribution >= 0.6 is 11.8 Å². The van der Waals surface area contributed by atoms with Gasteiger partial charge in [-0.1, -0.05) is 37.7 Å². The third-order valence-electron chi connectivity index (χ3n) is 3.43. The van der Waals surface area contributed by atoms with Gasteiger partial charge >= 0.3 is 0 Å². The van der Waals surface area contributed by atoms with E-state index < -0.39 is 11.1 Å². The number of thioether (sulfide) groups is 1. The van der Waals surface area contributed by atoms with E-state index in [0.29, 0.717) is 10.9 Å². The number of nitrogens with one attached hydrogen (secondary N) is 1. The molecule has 23 heavy (non-hydrogen) atoms. The summed E-state index contributed by atoms with van der Waals surface area (Å²) >= 11 is 1.30. The molecule has 2 N–H and O–H groups in total. The van der Waals surface area contributed by atoms with Gasteiger partial charge in [0, 0.05) is 7.05 Å². The van der Waals surface area contributed by atoms with E-state index in [4.69, 9.17) is 0 Å². The Kier molecular flexibility index (Phi) is 5.79. The van der Waals surface area contributed by atoms with Crippen LogP contribution in [0.4, 0.5) is 10.1 Å². The second-order valence-corrected chi connectivity index (χ2v) is 6.61. The lowest BCUT2D eigenvalue weighted by molar-refractivity contribution is -0.116. The Hall–Kier alpha value is -1.86. The van der Waals surface area contributed by atoms with Crippen molar-refractivity contribution in [2.24, 2.45) is 13.0 Å². The highest BCUT2D eigenvalue weighted by Gasteiger charge is 2.26. The van der Waals surface area contributed by atoms with Gasteiger partial charge in [-0.25, -0.2) is 9.37 Å². The summed E-state index contributed by atoms with van der Waals surface area (Å²) in [7, 11) is 1.78. The smallest absolute Gasteiger partial charge is 0.238 e. The molecule has 0 saturated heterocycles. The van der Waals surface area contributed by atoms with Crippen LogP contribution in [0.5, 0.6) is 0 Å². The standard InChI is InChI=1S/C16H20FN3O2S/c1-10(2)14(23-16-18-8-11(9-21)20(16)3)15(22)19-13-7-5-4-6-12(13)17/h4-8,10,14,21H,9H2,1-3H3,(H,19,22). The molecule has 0 fully saturated rings. The fourth-order valence-corrected chi connectivity index (χ4v) is 3.11. The Labute approximate surface area is 138 Å². The van der Waals surface area contributed by atoms with Crippen molar-refractivity contribution in [3.8, 4) is 0 Å². The molecule has 0 radical (unpaired) electrons. The van der Waals surface area contributed by atoms with Crippen molar-refractivity contribution >= 4 is 23.4 Å². The summed E-state index contributed by atoms with van der Waals surface area (Å²) in [5.41, 5.74) is 0.837. The number of carbonyl (C=O) groups excluding carboxylic acids is 1. The predicted molar refractivity (Wildman–Crippen MR) is 88.6 cm³/mol. The number of para-hydroxylation sites is 1. The molecule has 124 valence electrons. The Balaban J connectivity index is 2.16. The van der Waals surface area contributed by atoms with E-state index in [0.717, 1.165) is 0 Å². The summed E-state index contributed by atoms with van der Waals surface area (Å²) in [6, 6.07) is 6.08. The van der Waals surface area contributed by atoms with E-state index in [1.807, 2.05) is 13.8 Å². The Morgan fingerprint density at radius 3 is 2.70 bits per heavy atom. The minimum absolute atomic E-state index is 0.0287. The third kappa shape index (κ3) is 4.11. The predicted octanol–water partition coefficient (Wildman–Crippen LogP) is 2.81. The first kappa shape index (κ1) is 17.5. The number of rotatable bonds is 6. The number of nitrogens with zero attached hydrogens (tertiary/aromatic N) is 2. The molecule has 0 aliphatic heterocycles. The number of hydrogen-bond donors (Lipinski definition) is 2. The normalized spacial score (nSPS) is 12.4. The van der Waals surface area contributed by atoms with Crippen LogP contribution in [0.3, 0.4) is 0 Å². The maximum absolute atomic E-state index is 13.7. The minimum Gasteiger partial charge on any atom is -0.390 e. The zero-order valence-electron chi connectivity index (χ0n) is 13.3. The maximum Gasteiger partial charge on any atom is 0.238 e. The van der Waals surface area contributed by atoms with Gasteiger partial charge in [-0.3, -0.25) is 4.79 Å². The van der Waals surface area contributed by atoms with Gasteiger partial charge in [-0.15, -0.1) is 0 Å². The van der Waals surface area contributed by atoms with Crippen molar-refractivity contribution in [1.29, 1.82) is 0 Å². The van der Waals surface area contributed by atoms with Crippen molar-refractivity contribution in [2.75, 3.05) is 5.32 Å². The first-order chi connectivity index (χ1) is 10.9. The molecule has 1 heterocycles. The molecule has 0 spiro atoms. The van der Waals surface area contributed by atoms with E-state index in [9.17, 15) is 14.3 Å². The van der Waals surface area contributed by atoms with Gasteiger partial charge in [0.15, 0.2) is 5.16 Å². The molecular formula is C16H20FN3O2S. The van der Waals surface area contributed by atoms with Crippen LogP contribution in [0.25, 0.3) is 0 Å². The lowest BCUT2D eigenvalue weighted by Crippen LogP contribution is -2.30. The maximum atomic E-state index is 13.7. The van der Waals surface area contributed by atoms with Crippen molar-refractivity contribution in [3.05, 3.63) is 42.0 Å². The number of amides is 1. The fourth-order valence-electron chi connectivity index (χ4n) is 2.05. The van der Waals surface area contributed by atoms with E-state index in [2.05, 4.69) is 10.3 Å². The summed E-state index contributed by atoms with van der Waals surface area (Å²) in [6.07, 6.45) is 1.58. The lowest BCUT2D eigenvalue weighted by Gasteiger charge is -2.19. The van der Waals surface area contributed by atoms with Gasteiger partial charge in [0.05, 0.1) is 29.4 Å². The zero-order chi connectivity index (χ0) is 17.0. The number of imidazole rings is 1. The average Bonchev–Trinajstić information content (AvgIpc) is 2.86. The number of aliphatic hydroxyl groups is 1. The molecule has 7 heteroatoms. The molecule has 0 aliphatic rings. The first-order valence-electron chi connectivity index (χ1n) is 7.27. The van der Waals surface area contributed by atoms with Gasteiger partial charge < -0.3 is 15.0 Å². The van der Waals surface area contributed by atoms with Crippen LogP contribution in [0.2, 0.25) is 0 Å². The topological polar surface area (TPSA) is 67.2 Å². The van der Waals surface area contributed by atoms with Crippen molar-refractivity contribution < 1.29 is 14.3 Å². The van der Waals surface area contributed by atoms with E-state index in [1.54, 1.807) is 29.9 Å². The highest BCUT2D eigenvalue weighted by Crippen LogP contribution is 2.29. The summed E-state index contributed by atoms with van der Waals surface area (Å²) in [6.45, 7) is 3.74. The molecule has 1 amide bonds. The highest BCUT2D eigenvalue weighted by molar-refractivity contribution is 8.00. The summed E-state index contributed by atoms with van der Waals surface area (Å²) in [5, 5.41) is 12.1. The molecule has 0 aliphatic carbocycles. The number of aromatic nitrogens is 2. The molecule has 0 bridgehead atoms. The van der Waals surface area contributed by atoms with E-state index in [1.165, 1.54) is 23.9 Å².